The summed E-state index contributed by atoms with van der Waals surface area (Å²) in [6, 6.07) is 19.2. The number of hydrogen-bond acceptors (Lipinski definition) is 5. The SMILES string of the molecule is C=CCOc1ccc(-c2nn(-c3ccccc3)cc2C=C(C#N)C(=O)NCC2CCCO2)cc1. The van der Waals surface area contributed by atoms with Crippen LogP contribution in [0.1, 0.15) is 18.4 Å². The molecule has 172 valence electrons. The van der Waals surface area contributed by atoms with E-state index in [2.05, 4.69) is 11.9 Å². The topological polar surface area (TPSA) is 89.2 Å². The number of hydrogen-bond donors (Lipinski definition) is 1. The van der Waals surface area contributed by atoms with Crippen LogP contribution in [0.5, 0.6) is 5.75 Å². The van der Waals surface area contributed by atoms with Crippen LogP contribution in [0, 0.1) is 11.3 Å². The smallest absolute Gasteiger partial charge is 0.262 e. The first kappa shape index (κ1) is 23.0. The molecule has 0 radical (unpaired) electrons. The fraction of sp³-hybridized carbons (Fsp3) is 0.222. The molecule has 7 nitrogen and oxygen atoms in total. The molecule has 2 heterocycles. The van der Waals surface area contributed by atoms with Crippen LogP contribution in [0.15, 0.2) is 79.0 Å². The first-order valence-corrected chi connectivity index (χ1v) is 11.2. The van der Waals surface area contributed by atoms with Gasteiger partial charge in [-0.1, -0.05) is 30.9 Å². The molecular weight excluding hydrogens is 428 g/mol. The van der Waals surface area contributed by atoms with Gasteiger partial charge in [0.25, 0.3) is 5.91 Å². The van der Waals surface area contributed by atoms with Crippen molar-refractivity contribution in [3.63, 3.8) is 0 Å². The summed E-state index contributed by atoms with van der Waals surface area (Å²) in [6.45, 7) is 5.18. The van der Waals surface area contributed by atoms with Crippen molar-refractivity contribution in [2.45, 2.75) is 18.9 Å². The van der Waals surface area contributed by atoms with Crippen LogP contribution in [0.2, 0.25) is 0 Å². The van der Waals surface area contributed by atoms with Crippen molar-refractivity contribution in [3.8, 4) is 28.8 Å². The molecule has 1 aliphatic rings. The molecule has 1 N–H and O–H groups in total. The zero-order chi connectivity index (χ0) is 23.8. The van der Waals surface area contributed by atoms with Gasteiger partial charge in [0, 0.05) is 30.5 Å². The minimum absolute atomic E-state index is 0.00195. The maximum Gasteiger partial charge on any atom is 0.262 e. The van der Waals surface area contributed by atoms with Gasteiger partial charge in [0.05, 0.1) is 17.5 Å². The molecule has 3 aromatic rings. The summed E-state index contributed by atoms with van der Waals surface area (Å²) >= 11 is 0. The second-order valence-electron chi connectivity index (χ2n) is 7.85. The Kier molecular flexibility index (Phi) is 7.53. The lowest BCUT2D eigenvalue weighted by Gasteiger charge is -2.10. The van der Waals surface area contributed by atoms with Crippen molar-refractivity contribution in [3.05, 3.63) is 84.6 Å². The van der Waals surface area contributed by atoms with Crippen LogP contribution in [0.4, 0.5) is 0 Å². The highest BCUT2D eigenvalue weighted by Gasteiger charge is 2.19. The molecule has 1 unspecified atom stereocenters. The molecule has 4 rings (SSSR count). The number of nitrogens with one attached hydrogen (secondary N) is 1. The molecule has 1 aliphatic heterocycles. The Labute approximate surface area is 198 Å². The van der Waals surface area contributed by atoms with E-state index in [1.807, 2.05) is 66.9 Å². The fourth-order valence-electron chi connectivity index (χ4n) is 3.71. The third-order valence-electron chi connectivity index (χ3n) is 5.44. The van der Waals surface area contributed by atoms with E-state index in [0.29, 0.717) is 31.0 Å². The number of carbonyl (C=O) groups excluding carboxylic acids is 1. The van der Waals surface area contributed by atoms with Gasteiger partial charge in [0.2, 0.25) is 0 Å². The van der Waals surface area contributed by atoms with Crippen LogP contribution in [0.3, 0.4) is 0 Å². The maximum atomic E-state index is 12.7. The minimum atomic E-state index is -0.426. The molecular formula is C27H26N4O3. The summed E-state index contributed by atoms with van der Waals surface area (Å²) in [6.07, 6.45) is 6.98. The van der Waals surface area contributed by atoms with Crippen molar-refractivity contribution >= 4 is 12.0 Å². The second kappa shape index (κ2) is 11.1. The van der Waals surface area contributed by atoms with E-state index < -0.39 is 5.91 Å². The van der Waals surface area contributed by atoms with Gasteiger partial charge in [-0.2, -0.15) is 10.4 Å². The van der Waals surface area contributed by atoms with Crippen LogP contribution < -0.4 is 10.1 Å². The number of aromatic nitrogens is 2. The van der Waals surface area contributed by atoms with Gasteiger partial charge in [-0.3, -0.25) is 4.79 Å². The summed E-state index contributed by atoms with van der Waals surface area (Å²) in [4.78, 5) is 12.7. The lowest BCUT2D eigenvalue weighted by Crippen LogP contribution is -2.32. The molecule has 0 bridgehead atoms. The molecule has 1 atom stereocenters. The van der Waals surface area contributed by atoms with Gasteiger partial charge >= 0.3 is 0 Å². The predicted molar refractivity (Wildman–Crippen MR) is 130 cm³/mol. The Hall–Kier alpha value is -4.15. The first-order chi connectivity index (χ1) is 16.7. The van der Waals surface area contributed by atoms with Gasteiger partial charge in [-0.15, -0.1) is 0 Å². The van der Waals surface area contributed by atoms with Crippen LogP contribution in [-0.4, -0.2) is 41.6 Å². The fourth-order valence-corrected chi connectivity index (χ4v) is 3.71. The first-order valence-electron chi connectivity index (χ1n) is 11.2. The number of para-hydroxylation sites is 1. The monoisotopic (exact) mass is 454 g/mol. The minimum Gasteiger partial charge on any atom is -0.490 e. The summed E-state index contributed by atoms with van der Waals surface area (Å²) in [5.74, 6) is 0.291. The normalized spacial score (nSPS) is 15.5. The quantitative estimate of drug-likeness (QED) is 0.296. The van der Waals surface area contributed by atoms with Crippen LogP contribution in [0.25, 0.3) is 23.0 Å². The molecule has 7 heteroatoms. The molecule has 1 aromatic heterocycles. The lowest BCUT2D eigenvalue weighted by atomic mass is 10.1. The lowest BCUT2D eigenvalue weighted by molar-refractivity contribution is -0.117. The predicted octanol–water partition coefficient (Wildman–Crippen LogP) is 4.31. The zero-order valence-corrected chi connectivity index (χ0v) is 18.8. The van der Waals surface area contributed by atoms with Crippen molar-refractivity contribution in [2.75, 3.05) is 19.8 Å². The Balaban J connectivity index is 1.65. The summed E-state index contributed by atoms with van der Waals surface area (Å²) in [5.41, 5.74) is 3.03. The van der Waals surface area contributed by atoms with Crippen molar-refractivity contribution < 1.29 is 14.3 Å². The zero-order valence-electron chi connectivity index (χ0n) is 18.8. The molecule has 1 fully saturated rings. The molecule has 1 amide bonds. The molecule has 2 aromatic carbocycles. The van der Waals surface area contributed by atoms with Crippen LogP contribution in [-0.2, 0) is 9.53 Å². The molecule has 34 heavy (non-hydrogen) atoms. The highest BCUT2D eigenvalue weighted by Crippen LogP contribution is 2.27. The van der Waals surface area contributed by atoms with Gasteiger partial charge < -0.3 is 14.8 Å². The van der Waals surface area contributed by atoms with Gasteiger partial charge in [-0.25, -0.2) is 4.68 Å². The second-order valence-corrected chi connectivity index (χ2v) is 7.85. The van der Waals surface area contributed by atoms with E-state index >= 15 is 0 Å². The number of benzene rings is 2. The summed E-state index contributed by atoms with van der Waals surface area (Å²) in [5, 5.41) is 17.3. The van der Waals surface area contributed by atoms with E-state index in [0.717, 1.165) is 29.8 Å². The van der Waals surface area contributed by atoms with Gasteiger partial charge in [-0.05, 0) is 55.3 Å². The van der Waals surface area contributed by atoms with Gasteiger partial charge in [0.15, 0.2) is 0 Å². The summed E-state index contributed by atoms with van der Waals surface area (Å²) < 4.78 is 12.9. The van der Waals surface area contributed by atoms with Crippen molar-refractivity contribution in [2.24, 2.45) is 0 Å². The third-order valence-corrected chi connectivity index (χ3v) is 5.44. The Morgan fingerprint density at radius 3 is 2.74 bits per heavy atom. The standard InChI is InChI=1S/C27H26N4O3/c1-2-14-33-24-12-10-20(11-13-24)26-22(19-31(30-26)23-7-4-3-5-8-23)16-21(17-28)27(32)29-18-25-9-6-15-34-25/h2-5,7-8,10-13,16,19,25H,1,6,9,14-15,18H2,(H,29,32). The van der Waals surface area contributed by atoms with E-state index in [-0.39, 0.29) is 11.7 Å². The van der Waals surface area contributed by atoms with E-state index in [1.54, 1.807) is 16.8 Å². The average molecular weight is 455 g/mol. The number of carbonyl (C=O) groups is 1. The molecule has 0 spiro atoms. The van der Waals surface area contributed by atoms with Gasteiger partial charge in [0.1, 0.15) is 24.0 Å². The average Bonchev–Trinajstić information content (AvgIpc) is 3.56. The number of rotatable bonds is 9. The highest BCUT2D eigenvalue weighted by molar-refractivity contribution is 6.02. The number of nitrogens with zero attached hydrogens (tertiary/aromatic N) is 3. The molecule has 0 aliphatic carbocycles. The summed E-state index contributed by atoms with van der Waals surface area (Å²) in [7, 11) is 0. The number of ether oxygens (including phenoxy) is 2. The highest BCUT2D eigenvalue weighted by atomic mass is 16.5. The largest absolute Gasteiger partial charge is 0.490 e. The van der Waals surface area contributed by atoms with E-state index in [1.165, 1.54) is 0 Å². The van der Waals surface area contributed by atoms with Crippen LogP contribution >= 0.6 is 0 Å². The van der Waals surface area contributed by atoms with E-state index in [9.17, 15) is 10.1 Å². The number of amides is 1. The number of nitriles is 1. The third kappa shape index (κ3) is 5.61. The van der Waals surface area contributed by atoms with Crippen molar-refractivity contribution in [1.29, 1.82) is 5.26 Å². The Bertz CT molecular complexity index is 1200. The van der Waals surface area contributed by atoms with Crippen molar-refractivity contribution in [1.82, 2.24) is 15.1 Å². The Morgan fingerprint density at radius 2 is 2.06 bits per heavy atom. The maximum absolute atomic E-state index is 12.7. The molecule has 1 saturated heterocycles. The van der Waals surface area contributed by atoms with E-state index in [4.69, 9.17) is 14.6 Å². The Morgan fingerprint density at radius 1 is 1.26 bits per heavy atom. The molecule has 0 saturated carbocycles.